The molecule has 0 spiro atoms. The van der Waals surface area contributed by atoms with Crippen molar-refractivity contribution in [3.05, 3.63) is 68.6 Å². The second kappa shape index (κ2) is 10.2. The summed E-state index contributed by atoms with van der Waals surface area (Å²) in [5.41, 5.74) is 5.52. The van der Waals surface area contributed by atoms with Crippen molar-refractivity contribution in [3.63, 3.8) is 0 Å². The van der Waals surface area contributed by atoms with E-state index in [1.807, 2.05) is 11.4 Å². The zero-order valence-electron chi connectivity index (χ0n) is 16.6. The van der Waals surface area contributed by atoms with Crippen LogP contribution in [-0.4, -0.2) is 52.2 Å². The minimum atomic E-state index is -1.38. The largest absolute Gasteiger partial charge is 0.390 e. The Hall–Kier alpha value is -2.79. The molecule has 3 amide bonds. The third-order valence-electron chi connectivity index (χ3n) is 4.98. The van der Waals surface area contributed by atoms with Crippen molar-refractivity contribution in [2.45, 2.75) is 37.1 Å². The maximum Gasteiger partial charge on any atom is 0.251 e. The maximum atomic E-state index is 13.3. The first-order valence-electron chi connectivity index (χ1n) is 9.61. The Morgan fingerprint density at radius 3 is 2.62 bits per heavy atom. The van der Waals surface area contributed by atoms with Crippen molar-refractivity contribution in [2.75, 3.05) is 0 Å². The van der Waals surface area contributed by atoms with Gasteiger partial charge in [-0.15, -0.1) is 11.3 Å². The van der Waals surface area contributed by atoms with E-state index in [0.717, 1.165) is 17.0 Å². The summed E-state index contributed by atoms with van der Waals surface area (Å²) >= 11 is 7.11. The molecule has 0 radical (unpaired) electrons. The van der Waals surface area contributed by atoms with Crippen LogP contribution in [0.1, 0.15) is 21.7 Å². The predicted octanol–water partition coefficient (Wildman–Crippen LogP) is 0.904. The summed E-state index contributed by atoms with van der Waals surface area (Å²) in [6.07, 6.45) is -1.40. The topological polar surface area (TPSA) is 142 Å². The fourth-order valence-corrected chi connectivity index (χ4v) is 4.17. The van der Waals surface area contributed by atoms with Crippen LogP contribution in [0.25, 0.3) is 0 Å². The molecule has 170 valence electrons. The quantitative estimate of drug-likeness (QED) is 0.399. The fourth-order valence-electron chi connectivity index (χ4n) is 3.24. The lowest BCUT2D eigenvalue weighted by atomic mass is 9.89. The van der Waals surface area contributed by atoms with Crippen LogP contribution in [-0.2, 0) is 16.0 Å². The number of thiophene rings is 1. The Morgan fingerprint density at radius 1 is 1.25 bits per heavy atom. The summed E-state index contributed by atoms with van der Waals surface area (Å²) in [6, 6.07) is 4.89. The number of primary amides is 1. The summed E-state index contributed by atoms with van der Waals surface area (Å²) in [5, 5.41) is 27.1. The van der Waals surface area contributed by atoms with Crippen molar-refractivity contribution < 1.29 is 29.0 Å². The molecule has 0 unspecified atom stereocenters. The first-order chi connectivity index (χ1) is 15.2. The number of nitrogens with one attached hydrogen (secondary N) is 2. The Bertz CT molecular complexity index is 1050. The summed E-state index contributed by atoms with van der Waals surface area (Å²) in [5.74, 6) is -2.75. The molecule has 8 nitrogen and oxygen atoms in total. The molecule has 1 aliphatic rings. The van der Waals surface area contributed by atoms with E-state index in [-0.39, 0.29) is 29.0 Å². The summed E-state index contributed by atoms with van der Waals surface area (Å²) in [4.78, 5) is 37.8. The molecule has 0 saturated carbocycles. The fraction of sp³-hybridized carbons (Fsp3) is 0.286. The smallest absolute Gasteiger partial charge is 0.251 e. The number of carbonyl (C=O) groups is 3. The van der Waals surface area contributed by atoms with E-state index in [2.05, 4.69) is 10.6 Å². The highest BCUT2D eigenvalue weighted by Crippen LogP contribution is 2.22. The average Bonchev–Trinajstić information content (AvgIpc) is 3.25. The van der Waals surface area contributed by atoms with Gasteiger partial charge in [-0.05, 0) is 29.6 Å². The number of halogens is 2. The Morgan fingerprint density at radius 2 is 2.00 bits per heavy atom. The van der Waals surface area contributed by atoms with Gasteiger partial charge in [-0.1, -0.05) is 23.7 Å². The number of carbonyl (C=O) groups excluding carboxylic acids is 3. The number of hydrogen-bond donors (Lipinski definition) is 5. The van der Waals surface area contributed by atoms with Crippen molar-refractivity contribution in [1.29, 1.82) is 0 Å². The van der Waals surface area contributed by atoms with E-state index < -0.39 is 47.8 Å². The average molecular weight is 482 g/mol. The Labute approximate surface area is 191 Å². The molecule has 0 fully saturated rings. The van der Waals surface area contributed by atoms with Gasteiger partial charge in [0.25, 0.3) is 5.91 Å². The molecular weight excluding hydrogens is 461 g/mol. The van der Waals surface area contributed by atoms with Crippen LogP contribution in [0.3, 0.4) is 0 Å². The molecule has 6 N–H and O–H groups in total. The molecule has 3 rings (SSSR count). The van der Waals surface area contributed by atoms with E-state index in [1.165, 1.54) is 23.5 Å². The lowest BCUT2D eigenvalue weighted by molar-refractivity contribution is -0.125. The summed E-state index contributed by atoms with van der Waals surface area (Å²) < 4.78 is 13.3. The number of aliphatic hydroxyl groups excluding tert-OH is 2. The maximum absolute atomic E-state index is 13.3. The normalized spacial score (nSPS) is 21.4. The number of rotatable bonds is 7. The van der Waals surface area contributed by atoms with Gasteiger partial charge in [-0.3, -0.25) is 14.4 Å². The van der Waals surface area contributed by atoms with Gasteiger partial charge in [-0.25, -0.2) is 4.39 Å². The summed E-state index contributed by atoms with van der Waals surface area (Å²) in [6.45, 7) is 0. The van der Waals surface area contributed by atoms with E-state index in [0.29, 0.717) is 0 Å². The standard InChI is InChI=1S/C21H21ClFN3O5S/c22-13-6-10(3-4-14(13)23)20(30)25-15-7-11(8-17(27)18(15)28)21(31)26-16(19(24)29)9-12-2-1-5-32-12/h1-7,15-18,27-28H,8-9H2,(H2,24,29)(H,25,30)(H,26,31)/t15-,16+,17-,18-/m1/s1. The van der Waals surface area contributed by atoms with Crippen LogP contribution < -0.4 is 16.4 Å². The zero-order chi connectivity index (χ0) is 23.4. The van der Waals surface area contributed by atoms with Gasteiger partial charge in [0.2, 0.25) is 11.8 Å². The van der Waals surface area contributed by atoms with Crippen LogP contribution in [0.2, 0.25) is 5.02 Å². The van der Waals surface area contributed by atoms with Crippen molar-refractivity contribution in [2.24, 2.45) is 5.73 Å². The molecule has 0 bridgehead atoms. The molecule has 1 aliphatic carbocycles. The Balaban J connectivity index is 1.74. The van der Waals surface area contributed by atoms with E-state index >= 15 is 0 Å². The minimum absolute atomic E-state index is 0.0350. The SMILES string of the molecule is NC(=O)[C@H](Cc1cccs1)NC(=O)C1=C[C@@H](NC(=O)c2ccc(F)c(Cl)c2)[C@@H](O)[C@H](O)C1. The van der Waals surface area contributed by atoms with Gasteiger partial charge in [0, 0.05) is 28.9 Å². The number of hydrogen-bond acceptors (Lipinski definition) is 6. The second-order valence-corrected chi connectivity index (χ2v) is 8.73. The predicted molar refractivity (Wildman–Crippen MR) is 117 cm³/mol. The molecule has 32 heavy (non-hydrogen) atoms. The van der Waals surface area contributed by atoms with E-state index in [9.17, 15) is 29.0 Å². The van der Waals surface area contributed by atoms with Crippen LogP contribution >= 0.6 is 22.9 Å². The third kappa shape index (κ3) is 5.71. The monoisotopic (exact) mass is 481 g/mol. The second-order valence-electron chi connectivity index (χ2n) is 7.29. The summed E-state index contributed by atoms with van der Waals surface area (Å²) in [7, 11) is 0. The highest BCUT2D eigenvalue weighted by Gasteiger charge is 2.34. The molecule has 4 atom stereocenters. The van der Waals surface area contributed by atoms with Gasteiger partial charge in [0.1, 0.15) is 18.0 Å². The highest BCUT2D eigenvalue weighted by molar-refractivity contribution is 7.09. The van der Waals surface area contributed by atoms with Gasteiger partial charge in [0.05, 0.1) is 17.2 Å². The van der Waals surface area contributed by atoms with Crippen molar-refractivity contribution >= 4 is 40.7 Å². The van der Waals surface area contributed by atoms with Crippen LogP contribution in [0.5, 0.6) is 0 Å². The molecule has 11 heteroatoms. The third-order valence-corrected chi connectivity index (χ3v) is 6.17. The number of benzene rings is 1. The first kappa shape index (κ1) is 23.9. The number of aliphatic hydroxyl groups is 2. The number of amides is 3. The van der Waals surface area contributed by atoms with E-state index in [4.69, 9.17) is 17.3 Å². The van der Waals surface area contributed by atoms with Crippen LogP contribution in [0.4, 0.5) is 4.39 Å². The number of nitrogens with two attached hydrogens (primary N) is 1. The molecule has 1 heterocycles. The lowest BCUT2D eigenvalue weighted by Gasteiger charge is -2.31. The van der Waals surface area contributed by atoms with Gasteiger partial charge in [-0.2, -0.15) is 0 Å². The molecule has 1 aromatic carbocycles. The van der Waals surface area contributed by atoms with Crippen LogP contribution in [0, 0.1) is 5.82 Å². The van der Waals surface area contributed by atoms with Gasteiger partial charge < -0.3 is 26.6 Å². The van der Waals surface area contributed by atoms with Crippen LogP contribution in [0.15, 0.2) is 47.4 Å². The molecule has 1 aromatic heterocycles. The van der Waals surface area contributed by atoms with Gasteiger partial charge >= 0.3 is 0 Å². The first-order valence-corrected chi connectivity index (χ1v) is 10.9. The van der Waals surface area contributed by atoms with Gasteiger partial charge in [0.15, 0.2) is 0 Å². The zero-order valence-corrected chi connectivity index (χ0v) is 18.2. The highest BCUT2D eigenvalue weighted by atomic mass is 35.5. The molecule has 2 aromatic rings. The molecule has 0 aliphatic heterocycles. The lowest BCUT2D eigenvalue weighted by Crippen LogP contribution is -2.52. The van der Waals surface area contributed by atoms with Crippen molar-refractivity contribution in [1.82, 2.24) is 10.6 Å². The minimum Gasteiger partial charge on any atom is -0.390 e. The van der Waals surface area contributed by atoms with E-state index in [1.54, 1.807) is 6.07 Å². The Kier molecular flexibility index (Phi) is 7.62. The van der Waals surface area contributed by atoms with Crippen molar-refractivity contribution in [3.8, 4) is 0 Å². The molecule has 0 saturated heterocycles. The molecular formula is C21H21ClFN3O5S.